The maximum atomic E-state index is 12.3. The van der Waals surface area contributed by atoms with Crippen LogP contribution in [-0.2, 0) is 19.6 Å². The fourth-order valence-corrected chi connectivity index (χ4v) is 5.92. The summed E-state index contributed by atoms with van der Waals surface area (Å²) in [6.07, 6.45) is -1.67. The Kier molecular flexibility index (Phi) is 10.1. The molecule has 13 heteroatoms. The first-order valence-corrected chi connectivity index (χ1v) is 15.4. The number of carboxylic acid groups (broad SMARTS) is 1. The number of hydrogen-bond acceptors (Lipinski definition) is 7. The number of aliphatic carboxylic acids is 1. The van der Waals surface area contributed by atoms with E-state index < -0.39 is 28.7 Å². The molecule has 5 rings (SSSR count). The van der Waals surface area contributed by atoms with Crippen molar-refractivity contribution in [2.75, 3.05) is 30.8 Å². The second-order valence-corrected chi connectivity index (χ2v) is 12.1. The molecular formula is C31H32F3NO8S. The van der Waals surface area contributed by atoms with Gasteiger partial charge in [0.1, 0.15) is 23.8 Å². The summed E-state index contributed by atoms with van der Waals surface area (Å²) in [6.45, 7) is -1.40. The van der Waals surface area contributed by atoms with Gasteiger partial charge in [-0.1, -0.05) is 24.3 Å². The molecule has 236 valence electrons. The summed E-state index contributed by atoms with van der Waals surface area (Å²) in [5.74, 6) is 0.470. The first-order chi connectivity index (χ1) is 20.7. The van der Waals surface area contributed by atoms with Gasteiger partial charge in [0.05, 0.1) is 44.3 Å². The van der Waals surface area contributed by atoms with Gasteiger partial charge in [0.15, 0.2) is 0 Å². The van der Waals surface area contributed by atoms with E-state index in [4.69, 9.17) is 19.3 Å². The number of methoxy groups -OCH3 is 1. The van der Waals surface area contributed by atoms with Crippen molar-refractivity contribution in [3.05, 3.63) is 83.9 Å². The van der Waals surface area contributed by atoms with E-state index in [1.165, 1.54) is 42.5 Å². The third-order valence-electron chi connectivity index (χ3n) is 6.97. The summed E-state index contributed by atoms with van der Waals surface area (Å²) >= 11 is 0. The second kappa shape index (κ2) is 13.6. The lowest BCUT2D eigenvalue weighted by molar-refractivity contribution is -0.137. The Balaban J connectivity index is 0.000000217. The van der Waals surface area contributed by atoms with E-state index in [0.29, 0.717) is 15.8 Å². The van der Waals surface area contributed by atoms with E-state index in [9.17, 15) is 31.5 Å². The van der Waals surface area contributed by atoms with Gasteiger partial charge < -0.3 is 24.4 Å². The monoisotopic (exact) mass is 635 g/mol. The molecule has 44 heavy (non-hydrogen) atoms. The van der Waals surface area contributed by atoms with E-state index in [2.05, 4.69) is 0 Å². The van der Waals surface area contributed by atoms with E-state index >= 15 is 0 Å². The van der Waals surface area contributed by atoms with Gasteiger partial charge in [-0.3, -0.25) is 9.10 Å². The minimum absolute atomic E-state index is 0.0184. The van der Waals surface area contributed by atoms with E-state index in [1.807, 2.05) is 36.4 Å². The molecule has 2 bridgehead atoms. The number of aromatic hydroxyl groups is 1. The lowest BCUT2D eigenvalue weighted by Crippen LogP contribution is -2.38. The topological polar surface area (TPSA) is 123 Å². The molecule has 3 aromatic rings. The van der Waals surface area contributed by atoms with Crippen LogP contribution in [-0.4, -0.2) is 69.5 Å². The number of alkyl halides is 3. The molecule has 2 unspecified atom stereocenters. The Labute approximate surface area is 253 Å². The van der Waals surface area contributed by atoms with Crippen LogP contribution in [0.1, 0.15) is 30.4 Å². The highest BCUT2D eigenvalue weighted by atomic mass is 32.2. The lowest BCUT2D eigenvalue weighted by Gasteiger charge is -2.23. The fraction of sp³-hybridized carbons (Fsp3) is 0.323. The molecule has 1 saturated heterocycles. The summed E-state index contributed by atoms with van der Waals surface area (Å²) < 4.78 is 76.5. The van der Waals surface area contributed by atoms with Crippen molar-refractivity contribution < 1.29 is 50.8 Å². The normalized spacial score (nSPS) is 17.6. The zero-order valence-electron chi connectivity index (χ0n) is 24.0. The van der Waals surface area contributed by atoms with Gasteiger partial charge in [0.25, 0.3) is 0 Å². The first-order valence-electron chi connectivity index (χ1n) is 13.6. The van der Waals surface area contributed by atoms with Gasteiger partial charge in [-0.15, -0.1) is 0 Å². The number of anilines is 1. The summed E-state index contributed by atoms with van der Waals surface area (Å²) in [7, 11) is -2.60. The van der Waals surface area contributed by atoms with Crippen LogP contribution in [0.2, 0.25) is 0 Å². The van der Waals surface area contributed by atoms with Crippen molar-refractivity contribution in [2.45, 2.75) is 37.6 Å². The van der Waals surface area contributed by atoms with E-state index in [-0.39, 0.29) is 36.7 Å². The molecule has 2 N–H and O–H groups in total. The van der Waals surface area contributed by atoms with Crippen molar-refractivity contribution in [1.29, 1.82) is 0 Å². The Morgan fingerprint density at radius 3 is 1.86 bits per heavy atom. The maximum absolute atomic E-state index is 12.3. The Morgan fingerprint density at radius 1 is 0.909 bits per heavy atom. The predicted molar refractivity (Wildman–Crippen MR) is 158 cm³/mol. The second-order valence-electron chi connectivity index (χ2n) is 10.2. The zero-order chi connectivity index (χ0) is 32.1. The smallest absolute Gasteiger partial charge is 0.407 e. The third-order valence-corrected chi connectivity index (χ3v) is 8.11. The first kappa shape index (κ1) is 32.7. The molecule has 0 radical (unpaired) electrons. The standard InChI is InChI=1S/C21H20O5.C10H12F3NO3S/c22-15-5-1-13(2-6-15)20-17-9-10-18(26-17)21(20)14-3-7-16(8-4-14)25-12-11-19(23)24;1-17-9-5-3-8(4-6-9)14(18(2,15)16)7-10(11,12)13/h1-8,17-18,22H,9-12H2,(H,23,24);3-6H,7H2,1-2H3. The molecular weight excluding hydrogens is 603 g/mol. The highest BCUT2D eigenvalue weighted by Crippen LogP contribution is 2.48. The number of fused-ring (bicyclic) bond motifs is 2. The number of phenolic OH excluding ortho intramolecular Hbond substituents is 1. The van der Waals surface area contributed by atoms with Crippen LogP contribution < -0.4 is 13.8 Å². The molecule has 3 aromatic carbocycles. The average Bonchev–Trinajstić information content (AvgIpc) is 3.58. The number of nitrogens with zero attached hydrogens (tertiary/aromatic N) is 1. The van der Waals surface area contributed by atoms with Crippen LogP contribution >= 0.6 is 0 Å². The fourth-order valence-electron chi connectivity index (χ4n) is 5.03. The van der Waals surface area contributed by atoms with E-state index in [0.717, 1.165) is 30.2 Å². The quantitative estimate of drug-likeness (QED) is 0.289. The number of benzene rings is 3. The van der Waals surface area contributed by atoms with Crippen molar-refractivity contribution >= 4 is 32.8 Å². The highest BCUT2D eigenvalue weighted by Gasteiger charge is 2.41. The predicted octanol–water partition coefficient (Wildman–Crippen LogP) is 5.74. The van der Waals surface area contributed by atoms with Crippen molar-refractivity contribution in [1.82, 2.24) is 0 Å². The summed E-state index contributed by atoms with van der Waals surface area (Å²) in [5, 5.41) is 18.2. The van der Waals surface area contributed by atoms with Gasteiger partial charge in [-0.2, -0.15) is 13.2 Å². The molecule has 2 aliphatic rings. The Morgan fingerprint density at radius 2 is 1.41 bits per heavy atom. The minimum Gasteiger partial charge on any atom is -0.508 e. The average molecular weight is 636 g/mol. The third kappa shape index (κ3) is 8.44. The number of rotatable bonds is 10. The van der Waals surface area contributed by atoms with Crippen LogP contribution in [0.4, 0.5) is 18.9 Å². The van der Waals surface area contributed by atoms with Crippen LogP contribution in [0.25, 0.3) is 11.1 Å². The number of hydrogen-bond donors (Lipinski definition) is 2. The molecule has 0 amide bonds. The molecule has 9 nitrogen and oxygen atoms in total. The summed E-state index contributed by atoms with van der Waals surface area (Å²) in [4.78, 5) is 10.6. The number of sulfonamides is 1. The van der Waals surface area contributed by atoms with Gasteiger partial charge in [0.2, 0.25) is 10.0 Å². The van der Waals surface area contributed by atoms with Crippen LogP contribution in [0, 0.1) is 0 Å². The van der Waals surface area contributed by atoms with Crippen LogP contribution in [0.15, 0.2) is 72.8 Å². The van der Waals surface area contributed by atoms with Crippen molar-refractivity contribution in [2.24, 2.45) is 0 Å². The molecule has 0 aliphatic carbocycles. The number of ether oxygens (including phenoxy) is 3. The van der Waals surface area contributed by atoms with Gasteiger partial charge in [-0.05, 0) is 83.6 Å². The summed E-state index contributed by atoms with van der Waals surface area (Å²) in [6, 6.07) is 20.3. The van der Waals surface area contributed by atoms with Crippen molar-refractivity contribution in [3.8, 4) is 17.2 Å². The SMILES string of the molecule is COc1ccc(N(CC(F)(F)F)S(C)(=O)=O)cc1.O=C(O)CCOc1ccc(C2=C(c3ccc(O)cc3)C3CCC2O3)cc1. The maximum Gasteiger partial charge on any atom is 0.407 e. The highest BCUT2D eigenvalue weighted by molar-refractivity contribution is 7.92. The number of carboxylic acids is 1. The number of phenols is 1. The van der Waals surface area contributed by atoms with Crippen LogP contribution in [0.3, 0.4) is 0 Å². The molecule has 2 aliphatic heterocycles. The van der Waals surface area contributed by atoms with Gasteiger partial charge in [0, 0.05) is 0 Å². The van der Waals surface area contributed by atoms with Gasteiger partial charge >= 0.3 is 12.1 Å². The molecule has 2 heterocycles. The molecule has 2 atom stereocenters. The number of halogens is 3. The lowest BCUT2D eigenvalue weighted by atomic mass is 9.84. The largest absolute Gasteiger partial charge is 0.508 e. The molecule has 0 saturated carbocycles. The van der Waals surface area contributed by atoms with E-state index in [1.54, 1.807) is 12.1 Å². The molecule has 0 aromatic heterocycles. The Hall–Kier alpha value is -4.23. The summed E-state index contributed by atoms with van der Waals surface area (Å²) in [5.41, 5.74) is 4.50. The zero-order valence-corrected chi connectivity index (χ0v) is 24.8. The van der Waals surface area contributed by atoms with Gasteiger partial charge in [-0.25, -0.2) is 8.42 Å². The number of carbonyl (C=O) groups is 1. The van der Waals surface area contributed by atoms with Crippen LogP contribution in [0.5, 0.6) is 17.2 Å². The Bertz CT molecular complexity index is 1570. The minimum atomic E-state index is -4.61. The molecule has 1 fully saturated rings. The van der Waals surface area contributed by atoms with Crippen molar-refractivity contribution in [3.63, 3.8) is 0 Å². The molecule has 0 spiro atoms.